The van der Waals surface area contributed by atoms with Crippen molar-refractivity contribution in [3.8, 4) is 22.8 Å². The fourth-order valence-corrected chi connectivity index (χ4v) is 5.87. The third-order valence-electron chi connectivity index (χ3n) is 7.94. The molecule has 35 heavy (non-hydrogen) atoms. The predicted octanol–water partition coefficient (Wildman–Crippen LogP) is 4.89. The lowest BCUT2D eigenvalue weighted by Crippen LogP contribution is -2.44. The Bertz CT molecular complexity index is 1240. The average Bonchev–Trinajstić information content (AvgIpc) is 3.46. The molecular formula is C28H31N3O4. The molecule has 3 aliphatic rings. The number of aromatic nitrogens is 2. The first-order valence-electron chi connectivity index (χ1n) is 12.4. The zero-order chi connectivity index (χ0) is 24.0. The zero-order valence-electron chi connectivity index (χ0n) is 20.3. The van der Waals surface area contributed by atoms with E-state index in [1.807, 2.05) is 35.4 Å². The number of hydrogen-bond acceptors (Lipinski definition) is 5. The van der Waals surface area contributed by atoms with Crippen molar-refractivity contribution < 1.29 is 19.0 Å². The van der Waals surface area contributed by atoms with Crippen LogP contribution in [0.2, 0.25) is 0 Å². The van der Waals surface area contributed by atoms with Crippen LogP contribution in [0.3, 0.4) is 0 Å². The van der Waals surface area contributed by atoms with Crippen LogP contribution in [0.25, 0.3) is 11.3 Å². The average molecular weight is 474 g/mol. The first-order valence-corrected chi connectivity index (χ1v) is 12.4. The first-order chi connectivity index (χ1) is 17.1. The van der Waals surface area contributed by atoms with Crippen molar-refractivity contribution in [2.24, 2.45) is 0 Å². The van der Waals surface area contributed by atoms with Gasteiger partial charge in [0.15, 0.2) is 0 Å². The van der Waals surface area contributed by atoms with Gasteiger partial charge in [0.25, 0.3) is 0 Å². The number of amides is 1. The summed E-state index contributed by atoms with van der Waals surface area (Å²) in [5.74, 6) is 1.73. The van der Waals surface area contributed by atoms with Crippen LogP contribution in [-0.2, 0) is 21.5 Å². The minimum absolute atomic E-state index is 0.183. The molecule has 0 radical (unpaired) electrons. The molecule has 0 N–H and O–H groups in total. The maximum atomic E-state index is 13.9. The summed E-state index contributed by atoms with van der Waals surface area (Å²) in [6.07, 6.45) is 6.59. The summed E-state index contributed by atoms with van der Waals surface area (Å²) in [7, 11) is 3.35. The van der Waals surface area contributed by atoms with Crippen molar-refractivity contribution in [1.82, 2.24) is 9.78 Å². The van der Waals surface area contributed by atoms with Gasteiger partial charge in [0.1, 0.15) is 11.5 Å². The van der Waals surface area contributed by atoms with E-state index in [1.165, 1.54) is 0 Å². The largest absolute Gasteiger partial charge is 0.497 e. The van der Waals surface area contributed by atoms with Gasteiger partial charge in [0, 0.05) is 25.0 Å². The Morgan fingerprint density at radius 1 is 1.06 bits per heavy atom. The highest BCUT2D eigenvalue weighted by molar-refractivity contribution is 6.10. The van der Waals surface area contributed by atoms with Crippen molar-refractivity contribution >= 4 is 11.6 Å². The summed E-state index contributed by atoms with van der Waals surface area (Å²) in [6.45, 7) is 2.03. The number of ether oxygens (including phenoxy) is 3. The second-order valence-corrected chi connectivity index (χ2v) is 9.75. The standard InChI is InChI=1S/C28H31N3O4/c1-33-22-6-4-19(5-7-22)18-30-26-23(28(27(30)32)11-3-12-28)16-20(17-25(26)34-2)24-8-13-29-31(24)21-9-14-35-15-10-21/h4-8,13,16-17,21H,3,9-12,14-15,18H2,1-2H3. The summed E-state index contributed by atoms with van der Waals surface area (Å²) in [5.41, 5.74) is 4.73. The molecule has 0 atom stereocenters. The number of benzene rings is 2. The van der Waals surface area contributed by atoms with E-state index < -0.39 is 5.41 Å². The molecule has 1 saturated carbocycles. The molecule has 3 aromatic rings. The normalized spacial score (nSPS) is 19.0. The summed E-state index contributed by atoms with van der Waals surface area (Å²) < 4.78 is 18.9. The van der Waals surface area contributed by atoms with Crippen LogP contribution in [0.1, 0.15) is 49.3 Å². The SMILES string of the molecule is COc1ccc(CN2C(=O)C3(CCC3)c3cc(-c4ccnn4C4CCOCC4)cc(OC)c32)cc1. The Morgan fingerprint density at radius 3 is 2.49 bits per heavy atom. The highest BCUT2D eigenvalue weighted by atomic mass is 16.5. The third kappa shape index (κ3) is 3.52. The lowest BCUT2D eigenvalue weighted by Gasteiger charge is -2.37. The molecule has 2 fully saturated rings. The number of hydrogen-bond donors (Lipinski definition) is 0. The number of methoxy groups -OCH3 is 2. The Hall–Kier alpha value is -3.32. The molecule has 1 spiro atoms. The van der Waals surface area contributed by atoms with E-state index in [1.54, 1.807) is 14.2 Å². The lowest BCUT2D eigenvalue weighted by atomic mass is 9.65. The summed E-state index contributed by atoms with van der Waals surface area (Å²) >= 11 is 0. The monoisotopic (exact) mass is 473 g/mol. The molecule has 6 rings (SSSR count). The summed E-state index contributed by atoms with van der Waals surface area (Å²) in [4.78, 5) is 15.8. The van der Waals surface area contributed by atoms with Crippen LogP contribution in [-0.4, -0.2) is 43.1 Å². The number of fused-ring (bicyclic) bond motifs is 2. The smallest absolute Gasteiger partial charge is 0.238 e. The second-order valence-electron chi connectivity index (χ2n) is 9.75. The molecule has 1 aromatic heterocycles. The van der Waals surface area contributed by atoms with Crippen LogP contribution in [0.15, 0.2) is 48.7 Å². The highest BCUT2D eigenvalue weighted by Crippen LogP contribution is 2.57. The number of carbonyl (C=O) groups excluding carboxylic acids is 1. The van der Waals surface area contributed by atoms with Crippen molar-refractivity contribution in [3.05, 3.63) is 59.8 Å². The molecule has 1 aliphatic carbocycles. The van der Waals surface area contributed by atoms with Gasteiger partial charge in [-0.25, -0.2) is 0 Å². The summed E-state index contributed by atoms with van der Waals surface area (Å²) in [5, 5.41) is 4.67. The van der Waals surface area contributed by atoms with E-state index in [2.05, 4.69) is 28.0 Å². The van der Waals surface area contributed by atoms with Gasteiger partial charge in [0.2, 0.25) is 5.91 Å². The van der Waals surface area contributed by atoms with Gasteiger partial charge < -0.3 is 19.1 Å². The maximum Gasteiger partial charge on any atom is 0.238 e. The minimum Gasteiger partial charge on any atom is -0.497 e. The Morgan fingerprint density at radius 2 is 1.83 bits per heavy atom. The van der Waals surface area contributed by atoms with E-state index in [9.17, 15) is 4.79 Å². The van der Waals surface area contributed by atoms with E-state index in [-0.39, 0.29) is 5.91 Å². The van der Waals surface area contributed by atoms with Gasteiger partial charge in [-0.15, -0.1) is 0 Å². The molecule has 0 bridgehead atoms. The first kappa shape index (κ1) is 22.2. The molecule has 0 unspecified atom stereocenters. The molecule has 1 saturated heterocycles. The fourth-order valence-electron chi connectivity index (χ4n) is 5.87. The topological polar surface area (TPSA) is 65.8 Å². The Labute approximate surface area is 205 Å². The quantitative estimate of drug-likeness (QED) is 0.510. The maximum absolute atomic E-state index is 13.9. The predicted molar refractivity (Wildman–Crippen MR) is 133 cm³/mol. The second kappa shape index (κ2) is 8.72. The van der Waals surface area contributed by atoms with Gasteiger partial charge in [-0.3, -0.25) is 9.48 Å². The van der Waals surface area contributed by atoms with E-state index in [0.717, 1.165) is 84.9 Å². The van der Waals surface area contributed by atoms with E-state index in [4.69, 9.17) is 14.2 Å². The fraction of sp³-hybridized carbons (Fsp3) is 0.429. The Balaban J connectivity index is 1.43. The lowest BCUT2D eigenvalue weighted by molar-refractivity contribution is -0.126. The van der Waals surface area contributed by atoms with Crippen molar-refractivity contribution in [2.75, 3.05) is 32.3 Å². The van der Waals surface area contributed by atoms with Gasteiger partial charge in [-0.2, -0.15) is 5.10 Å². The van der Waals surface area contributed by atoms with Crippen LogP contribution in [0.4, 0.5) is 5.69 Å². The highest BCUT2D eigenvalue weighted by Gasteiger charge is 2.55. The minimum atomic E-state index is -0.450. The van der Waals surface area contributed by atoms with Gasteiger partial charge in [-0.1, -0.05) is 18.6 Å². The molecule has 2 aliphatic heterocycles. The van der Waals surface area contributed by atoms with Crippen LogP contribution in [0.5, 0.6) is 11.5 Å². The Kier molecular flexibility index (Phi) is 5.52. The van der Waals surface area contributed by atoms with Crippen molar-refractivity contribution in [2.45, 2.75) is 50.1 Å². The molecule has 7 heteroatoms. The molecular weight excluding hydrogens is 442 g/mol. The number of carbonyl (C=O) groups is 1. The number of anilines is 1. The van der Waals surface area contributed by atoms with Gasteiger partial charge in [0.05, 0.1) is 43.6 Å². The summed E-state index contributed by atoms with van der Waals surface area (Å²) in [6, 6.07) is 14.6. The van der Waals surface area contributed by atoms with Gasteiger partial charge in [-0.05, 0) is 67.1 Å². The molecule has 7 nitrogen and oxygen atoms in total. The van der Waals surface area contributed by atoms with Crippen molar-refractivity contribution in [1.29, 1.82) is 0 Å². The number of nitrogens with zero attached hydrogens (tertiary/aromatic N) is 3. The molecule has 2 aromatic carbocycles. The molecule has 182 valence electrons. The number of rotatable bonds is 6. The zero-order valence-corrected chi connectivity index (χ0v) is 20.3. The van der Waals surface area contributed by atoms with Crippen molar-refractivity contribution in [3.63, 3.8) is 0 Å². The molecule has 1 amide bonds. The van der Waals surface area contributed by atoms with E-state index >= 15 is 0 Å². The van der Waals surface area contributed by atoms with Crippen LogP contribution >= 0.6 is 0 Å². The molecule has 3 heterocycles. The van der Waals surface area contributed by atoms with Gasteiger partial charge >= 0.3 is 0 Å². The van der Waals surface area contributed by atoms with Crippen LogP contribution < -0.4 is 14.4 Å². The third-order valence-corrected chi connectivity index (χ3v) is 7.94. The van der Waals surface area contributed by atoms with Crippen LogP contribution in [0, 0.1) is 0 Å². The van der Waals surface area contributed by atoms with E-state index in [0.29, 0.717) is 12.6 Å².